The number of aromatic nitrogens is 2. The van der Waals surface area contributed by atoms with E-state index in [2.05, 4.69) is 35.9 Å². The highest BCUT2D eigenvalue weighted by Crippen LogP contribution is 2.24. The Morgan fingerprint density at radius 1 is 1.29 bits per heavy atom. The fourth-order valence-electron chi connectivity index (χ4n) is 2.90. The molecule has 4 nitrogen and oxygen atoms in total. The van der Waals surface area contributed by atoms with Crippen LogP contribution in [0.25, 0.3) is 5.69 Å². The van der Waals surface area contributed by atoms with Crippen LogP contribution in [0, 0.1) is 5.92 Å². The van der Waals surface area contributed by atoms with Crippen molar-refractivity contribution >= 4 is 0 Å². The highest BCUT2D eigenvalue weighted by molar-refractivity contribution is 5.42. The van der Waals surface area contributed by atoms with E-state index in [1.165, 1.54) is 22.9 Å². The van der Waals surface area contributed by atoms with Crippen LogP contribution >= 0.6 is 0 Å². The average Bonchev–Trinajstić information content (AvgIpc) is 2.84. The van der Waals surface area contributed by atoms with Crippen LogP contribution in [0.2, 0.25) is 0 Å². The van der Waals surface area contributed by atoms with Crippen molar-refractivity contribution in [1.82, 2.24) is 14.9 Å². The molecule has 0 aliphatic carbocycles. The van der Waals surface area contributed by atoms with Crippen molar-refractivity contribution < 1.29 is 4.74 Å². The minimum atomic E-state index is 0.596. The Morgan fingerprint density at radius 3 is 2.71 bits per heavy atom. The van der Waals surface area contributed by atoms with Gasteiger partial charge in [-0.15, -0.1) is 0 Å². The third-order valence-electron chi connectivity index (χ3n) is 3.88. The number of hydrogen-bond acceptors (Lipinski definition) is 3. The average molecular weight is 285 g/mol. The quantitative estimate of drug-likeness (QED) is 0.939. The fourth-order valence-corrected chi connectivity index (χ4v) is 2.90. The van der Waals surface area contributed by atoms with Gasteiger partial charge in [0.15, 0.2) is 0 Å². The van der Waals surface area contributed by atoms with Gasteiger partial charge in [-0.05, 0) is 30.2 Å². The first kappa shape index (κ1) is 14.1. The summed E-state index contributed by atoms with van der Waals surface area (Å²) in [7, 11) is 1.70. The van der Waals surface area contributed by atoms with E-state index in [0.717, 1.165) is 31.7 Å². The highest BCUT2D eigenvalue weighted by atomic mass is 16.5. The molecular weight excluding hydrogens is 262 g/mol. The smallest absolute Gasteiger partial charge is 0.119 e. The van der Waals surface area contributed by atoms with Crippen molar-refractivity contribution in [3.63, 3.8) is 0 Å². The summed E-state index contributed by atoms with van der Waals surface area (Å²) in [4.78, 5) is 4.88. The maximum absolute atomic E-state index is 5.26. The number of hydrogen-bond donors (Lipinski definition) is 1. The molecule has 2 heterocycles. The number of ether oxygens (including phenoxy) is 1. The highest BCUT2D eigenvalue weighted by Gasteiger charge is 2.21. The summed E-state index contributed by atoms with van der Waals surface area (Å²) in [5, 5.41) is 3.41. The van der Waals surface area contributed by atoms with Crippen LogP contribution in [0.15, 0.2) is 24.3 Å². The van der Waals surface area contributed by atoms with Crippen molar-refractivity contribution in [1.29, 1.82) is 0 Å². The van der Waals surface area contributed by atoms with Gasteiger partial charge in [0.2, 0.25) is 0 Å². The number of imidazole rings is 1. The zero-order valence-corrected chi connectivity index (χ0v) is 13.0. The SMILES string of the molecule is COc1ccc(-n2c(CC(C)C)nc3c2CCNC3)cc1. The minimum Gasteiger partial charge on any atom is -0.497 e. The molecule has 2 aromatic rings. The molecule has 0 atom stereocenters. The van der Waals surface area contributed by atoms with E-state index in [9.17, 15) is 0 Å². The molecule has 21 heavy (non-hydrogen) atoms. The van der Waals surface area contributed by atoms with Crippen LogP contribution in [0.4, 0.5) is 0 Å². The summed E-state index contributed by atoms with van der Waals surface area (Å²) in [6, 6.07) is 8.27. The van der Waals surface area contributed by atoms with Gasteiger partial charge in [0.25, 0.3) is 0 Å². The molecule has 1 aliphatic heterocycles. The van der Waals surface area contributed by atoms with Crippen LogP contribution in [-0.4, -0.2) is 23.2 Å². The Balaban J connectivity index is 2.07. The van der Waals surface area contributed by atoms with Gasteiger partial charge in [-0.2, -0.15) is 0 Å². The molecule has 112 valence electrons. The molecule has 0 saturated heterocycles. The lowest BCUT2D eigenvalue weighted by Crippen LogP contribution is -2.24. The zero-order valence-electron chi connectivity index (χ0n) is 13.0. The van der Waals surface area contributed by atoms with Crippen molar-refractivity contribution in [2.24, 2.45) is 5.92 Å². The van der Waals surface area contributed by atoms with Crippen LogP contribution in [0.3, 0.4) is 0 Å². The summed E-state index contributed by atoms with van der Waals surface area (Å²) < 4.78 is 7.60. The monoisotopic (exact) mass is 285 g/mol. The van der Waals surface area contributed by atoms with Gasteiger partial charge in [0.05, 0.1) is 12.8 Å². The largest absolute Gasteiger partial charge is 0.497 e. The minimum absolute atomic E-state index is 0.596. The van der Waals surface area contributed by atoms with E-state index >= 15 is 0 Å². The first-order chi connectivity index (χ1) is 10.2. The third kappa shape index (κ3) is 2.81. The third-order valence-corrected chi connectivity index (χ3v) is 3.88. The van der Waals surface area contributed by atoms with E-state index < -0.39 is 0 Å². The van der Waals surface area contributed by atoms with Crippen molar-refractivity contribution in [3.05, 3.63) is 41.5 Å². The Hall–Kier alpha value is -1.81. The van der Waals surface area contributed by atoms with E-state index in [0.29, 0.717) is 5.92 Å². The lowest BCUT2D eigenvalue weighted by atomic mass is 10.1. The van der Waals surface area contributed by atoms with E-state index in [1.807, 2.05) is 12.1 Å². The molecule has 1 aromatic carbocycles. The molecule has 0 saturated carbocycles. The second-order valence-electron chi connectivity index (χ2n) is 5.98. The molecule has 3 rings (SSSR count). The molecule has 1 aliphatic rings. The van der Waals surface area contributed by atoms with Crippen molar-refractivity contribution in [2.45, 2.75) is 33.2 Å². The Bertz CT molecular complexity index is 614. The predicted octanol–water partition coefficient (Wildman–Crippen LogP) is 2.73. The van der Waals surface area contributed by atoms with Crippen LogP contribution in [0.5, 0.6) is 5.75 Å². The van der Waals surface area contributed by atoms with Crippen LogP contribution in [0.1, 0.15) is 31.1 Å². The lowest BCUT2D eigenvalue weighted by Gasteiger charge is -2.17. The zero-order chi connectivity index (χ0) is 14.8. The first-order valence-electron chi connectivity index (χ1n) is 7.63. The number of nitrogens with one attached hydrogen (secondary N) is 1. The lowest BCUT2D eigenvalue weighted by molar-refractivity contribution is 0.414. The normalized spacial score (nSPS) is 14.3. The summed E-state index contributed by atoms with van der Waals surface area (Å²) in [6.07, 6.45) is 2.03. The summed E-state index contributed by atoms with van der Waals surface area (Å²) in [6.45, 7) is 6.38. The maximum Gasteiger partial charge on any atom is 0.119 e. The fraction of sp³-hybridized carbons (Fsp3) is 0.471. The van der Waals surface area contributed by atoms with E-state index in [4.69, 9.17) is 9.72 Å². The number of nitrogens with zero attached hydrogens (tertiary/aromatic N) is 2. The van der Waals surface area contributed by atoms with Gasteiger partial charge in [-0.1, -0.05) is 13.8 Å². The molecular formula is C17H23N3O. The topological polar surface area (TPSA) is 39.1 Å². The molecule has 0 amide bonds. The number of rotatable bonds is 4. The Morgan fingerprint density at radius 2 is 2.05 bits per heavy atom. The standard InChI is InChI=1S/C17H23N3O/c1-12(2)10-17-19-15-11-18-9-8-16(15)20(17)13-4-6-14(21-3)7-5-13/h4-7,12,18H,8-11H2,1-3H3. The Labute approximate surface area is 126 Å². The summed E-state index contributed by atoms with van der Waals surface area (Å²) >= 11 is 0. The van der Waals surface area contributed by atoms with Gasteiger partial charge in [0.1, 0.15) is 11.6 Å². The number of benzene rings is 1. The molecule has 0 radical (unpaired) electrons. The van der Waals surface area contributed by atoms with Crippen LogP contribution < -0.4 is 10.1 Å². The molecule has 0 spiro atoms. The van der Waals surface area contributed by atoms with Crippen molar-refractivity contribution in [3.8, 4) is 11.4 Å². The van der Waals surface area contributed by atoms with Gasteiger partial charge in [-0.3, -0.25) is 0 Å². The van der Waals surface area contributed by atoms with Crippen LogP contribution in [-0.2, 0) is 19.4 Å². The second-order valence-corrected chi connectivity index (χ2v) is 5.98. The molecule has 0 fully saturated rings. The first-order valence-corrected chi connectivity index (χ1v) is 7.63. The second kappa shape index (κ2) is 5.90. The maximum atomic E-state index is 5.26. The van der Waals surface area contributed by atoms with Gasteiger partial charge >= 0.3 is 0 Å². The molecule has 1 aromatic heterocycles. The van der Waals surface area contributed by atoms with Crippen molar-refractivity contribution in [2.75, 3.05) is 13.7 Å². The number of methoxy groups -OCH3 is 1. The molecule has 4 heteroatoms. The summed E-state index contributed by atoms with van der Waals surface area (Å²) in [5.41, 5.74) is 3.74. The van der Waals surface area contributed by atoms with E-state index in [1.54, 1.807) is 7.11 Å². The van der Waals surface area contributed by atoms with Gasteiger partial charge in [-0.25, -0.2) is 4.98 Å². The molecule has 0 unspecified atom stereocenters. The number of fused-ring (bicyclic) bond motifs is 1. The molecule has 0 bridgehead atoms. The van der Waals surface area contributed by atoms with Gasteiger partial charge < -0.3 is 14.6 Å². The Kier molecular flexibility index (Phi) is 3.97. The predicted molar refractivity (Wildman–Crippen MR) is 84.1 cm³/mol. The molecule has 1 N–H and O–H groups in total. The van der Waals surface area contributed by atoms with Gasteiger partial charge in [0, 0.05) is 37.3 Å². The summed E-state index contributed by atoms with van der Waals surface area (Å²) in [5.74, 6) is 2.66. The van der Waals surface area contributed by atoms with E-state index in [-0.39, 0.29) is 0 Å².